The van der Waals surface area contributed by atoms with Crippen molar-refractivity contribution in [2.24, 2.45) is 0 Å². The second-order valence-corrected chi connectivity index (χ2v) is 7.65. The quantitative estimate of drug-likeness (QED) is 0.398. The molecule has 0 bridgehead atoms. The van der Waals surface area contributed by atoms with E-state index in [1.807, 2.05) is 19.6 Å². The normalized spacial score (nSPS) is 10.9. The van der Waals surface area contributed by atoms with Crippen molar-refractivity contribution in [2.75, 3.05) is 0 Å². The third-order valence-electron chi connectivity index (χ3n) is 0.783. The summed E-state index contributed by atoms with van der Waals surface area (Å²) in [5, 5.41) is 1.63. The van der Waals surface area contributed by atoms with E-state index in [9.17, 15) is 4.79 Å². The number of carbonyl (C=O) groups excluding carboxylic acids is 1. The molecule has 3 nitrogen and oxygen atoms in total. The van der Waals surface area contributed by atoms with Crippen molar-refractivity contribution >= 4 is 13.6 Å². The van der Waals surface area contributed by atoms with Crippen molar-refractivity contribution in [3.8, 4) is 0 Å². The predicted molar refractivity (Wildman–Crippen MR) is 33.1 cm³/mol. The molecule has 0 aromatic heterocycles. The molecule has 46 valence electrons. The zero-order valence-electron chi connectivity index (χ0n) is 5.36. The van der Waals surface area contributed by atoms with Gasteiger partial charge in [0.15, 0.2) is 0 Å². The van der Waals surface area contributed by atoms with Crippen LogP contribution in [-0.2, 0) is 0 Å². The molecule has 0 atom stereocenters. The number of carbonyl (C=O) groups is 1. The van der Waals surface area contributed by atoms with Crippen LogP contribution in [0.4, 0.5) is 4.79 Å². The van der Waals surface area contributed by atoms with Crippen molar-refractivity contribution in [3.05, 3.63) is 5.53 Å². The van der Waals surface area contributed by atoms with Crippen LogP contribution in [-0.4, -0.2) is 13.6 Å². The summed E-state index contributed by atoms with van der Waals surface area (Å²) < 4.78 is 0. The molecule has 0 aliphatic rings. The van der Waals surface area contributed by atoms with E-state index in [1.54, 1.807) is 5.11 Å². The van der Waals surface area contributed by atoms with Gasteiger partial charge in [-0.1, -0.05) is 19.6 Å². The Morgan fingerprint density at radius 1 is 1.50 bits per heavy atom. The Labute approximate surface area is 49.6 Å². The molecule has 8 heavy (non-hydrogen) atoms. The molecule has 0 spiro atoms. The fourth-order valence-corrected chi connectivity index (χ4v) is 0.503. The topological polar surface area (TPSA) is 53.3 Å². The summed E-state index contributed by atoms with van der Waals surface area (Å²) in [4.78, 5) is 10.5. The summed E-state index contributed by atoms with van der Waals surface area (Å²) in [6, 6.07) is 0. The van der Waals surface area contributed by atoms with Crippen LogP contribution in [0.25, 0.3) is 5.53 Å². The maximum Gasteiger partial charge on any atom is 0.332 e. The summed E-state index contributed by atoms with van der Waals surface area (Å²) in [6.45, 7) is 5.58. The van der Waals surface area contributed by atoms with E-state index in [4.69, 9.17) is 5.53 Å². The van der Waals surface area contributed by atoms with Crippen molar-refractivity contribution in [1.29, 1.82) is 0 Å². The molecule has 0 saturated carbocycles. The molecule has 0 rings (SSSR count). The highest BCUT2D eigenvalue weighted by Gasteiger charge is 2.27. The van der Waals surface area contributed by atoms with Crippen LogP contribution in [0.2, 0.25) is 19.6 Å². The van der Waals surface area contributed by atoms with Crippen LogP contribution in [0.5, 0.6) is 0 Å². The largest absolute Gasteiger partial charge is 0.500 e. The number of nitrogens with zero attached hydrogens (tertiary/aromatic N) is 1. The van der Waals surface area contributed by atoms with Gasteiger partial charge in [0.1, 0.15) is 0 Å². The molecule has 0 aliphatic carbocycles. The fraction of sp³-hybridized carbons (Fsp3) is 0.750. The highest BCUT2D eigenvalue weighted by atomic mass is 28.3. The summed E-state index contributed by atoms with van der Waals surface area (Å²) in [7, 11) is -1.76. The number of rotatable bonds is 1. The van der Waals surface area contributed by atoms with Gasteiger partial charge in [0, 0.05) is 0 Å². The predicted octanol–water partition coefficient (Wildman–Crippen LogP) is 0.128. The molecule has 0 aliphatic heterocycles. The monoisotopic (exact) mass is 130 g/mol. The SMILES string of the molecule is C[Si](C)(C)C(=O)[NH+]=[N-]. The summed E-state index contributed by atoms with van der Waals surface area (Å²) in [6.07, 6.45) is 0. The first-order valence-corrected chi connectivity index (χ1v) is 5.93. The molecular weight excluding hydrogens is 120 g/mol. The van der Waals surface area contributed by atoms with E-state index >= 15 is 0 Å². The van der Waals surface area contributed by atoms with Crippen LogP contribution >= 0.6 is 0 Å². The summed E-state index contributed by atoms with van der Waals surface area (Å²) in [5.41, 5.74) is 7.88. The molecule has 0 fully saturated rings. The minimum absolute atomic E-state index is 0.225. The van der Waals surface area contributed by atoms with E-state index in [2.05, 4.69) is 0 Å². The van der Waals surface area contributed by atoms with Gasteiger partial charge in [-0.2, -0.15) is 0 Å². The van der Waals surface area contributed by atoms with Crippen LogP contribution in [0, 0.1) is 0 Å². The van der Waals surface area contributed by atoms with Gasteiger partial charge < -0.3 is 5.53 Å². The smallest absolute Gasteiger partial charge is 0.332 e. The Balaban J connectivity index is 4.02. The Morgan fingerprint density at radius 3 is 1.88 bits per heavy atom. The minimum atomic E-state index is -1.76. The lowest BCUT2D eigenvalue weighted by Gasteiger charge is -2.03. The molecule has 0 aromatic rings. The minimum Gasteiger partial charge on any atom is -0.500 e. The first-order chi connectivity index (χ1) is 3.48. The third kappa shape index (κ3) is 1.97. The van der Waals surface area contributed by atoms with E-state index in [0.717, 1.165) is 0 Å². The molecule has 0 heterocycles. The molecule has 0 unspecified atom stereocenters. The Bertz CT molecular complexity index is 116. The maximum absolute atomic E-state index is 10.5. The molecule has 1 N–H and O–H groups in total. The Hall–Kier alpha value is -0.513. The van der Waals surface area contributed by atoms with Crippen molar-refractivity contribution < 1.29 is 9.91 Å². The number of amides is 1. The molecule has 0 radical (unpaired) electrons. The van der Waals surface area contributed by atoms with Gasteiger partial charge in [-0.05, 0) is 0 Å². The lowest BCUT2D eigenvalue weighted by atomic mass is 11.4. The summed E-state index contributed by atoms with van der Waals surface area (Å²) in [5.74, 6) is 0. The first kappa shape index (κ1) is 7.49. The third-order valence-corrected chi connectivity index (χ3v) is 2.26. The van der Waals surface area contributed by atoms with E-state index in [1.165, 1.54) is 0 Å². The van der Waals surface area contributed by atoms with Gasteiger partial charge in [0.25, 0.3) is 0 Å². The van der Waals surface area contributed by atoms with Crippen LogP contribution < -0.4 is 5.11 Å². The number of hydrogen-bond acceptors (Lipinski definition) is 1. The van der Waals surface area contributed by atoms with Crippen LogP contribution in [0.1, 0.15) is 0 Å². The van der Waals surface area contributed by atoms with Crippen molar-refractivity contribution in [3.63, 3.8) is 0 Å². The maximum atomic E-state index is 10.5. The van der Waals surface area contributed by atoms with Crippen LogP contribution in [0.3, 0.4) is 0 Å². The van der Waals surface area contributed by atoms with Gasteiger partial charge >= 0.3 is 5.53 Å². The van der Waals surface area contributed by atoms with Gasteiger partial charge in [-0.25, -0.2) is 4.79 Å². The van der Waals surface area contributed by atoms with Crippen molar-refractivity contribution in [2.45, 2.75) is 19.6 Å². The molecule has 0 saturated heterocycles. The zero-order chi connectivity index (χ0) is 6.78. The van der Waals surface area contributed by atoms with E-state index in [0.29, 0.717) is 0 Å². The number of nitrogens with one attached hydrogen (secondary N) is 1. The Morgan fingerprint density at radius 2 is 1.88 bits per heavy atom. The lowest BCUT2D eigenvalue weighted by Crippen LogP contribution is -2.75. The zero-order valence-corrected chi connectivity index (χ0v) is 6.36. The van der Waals surface area contributed by atoms with E-state index in [-0.39, 0.29) is 5.53 Å². The fourth-order valence-electron chi connectivity index (χ4n) is 0.168. The lowest BCUT2D eigenvalue weighted by molar-refractivity contribution is -0.356. The molecule has 1 amide bonds. The molecule has 0 aromatic carbocycles. The second-order valence-electron chi connectivity index (χ2n) is 2.69. The number of hydrogen-bond donors (Lipinski definition) is 1. The highest BCUT2D eigenvalue weighted by molar-refractivity contribution is 7.01. The van der Waals surface area contributed by atoms with Gasteiger partial charge in [0.05, 0.1) is 0 Å². The molecule has 4 heteroatoms. The highest BCUT2D eigenvalue weighted by Crippen LogP contribution is 1.96. The van der Waals surface area contributed by atoms with Crippen LogP contribution in [0.15, 0.2) is 0 Å². The van der Waals surface area contributed by atoms with E-state index < -0.39 is 8.07 Å². The van der Waals surface area contributed by atoms with Gasteiger partial charge in [-0.3, -0.25) is 5.11 Å². The standard InChI is InChI=1S/C4H10N2OSi/c1-8(2,3)4(7)6-5/h6H,1-3H3. The first-order valence-electron chi connectivity index (χ1n) is 2.43. The Kier molecular flexibility index (Phi) is 2.03. The van der Waals surface area contributed by atoms with Gasteiger partial charge in [-0.15, -0.1) is 0 Å². The average Bonchev–Trinajstić information content (AvgIpc) is 1.62. The molecular formula is C4H10N2OSi. The van der Waals surface area contributed by atoms with Gasteiger partial charge in [0.2, 0.25) is 8.07 Å². The van der Waals surface area contributed by atoms with Crippen molar-refractivity contribution in [1.82, 2.24) is 0 Å². The summed E-state index contributed by atoms with van der Waals surface area (Å²) >= 11 is 0. The average molecular weight is 130 g/mol. The second kappa shape index (κ2) is 2.17.